The van der Waals surface area contributed by atoms with Crippen molar-refractivity contribution < 1.29 is 19.4 Å². The molecule has 37 heavy (non-hydrogen) atoms. The molecule has 0 radical (unpaired) electrons. The molecule has 0 spiro atoms. The molecule has 0 bridgehead atoms. The first-order valence-electron chi connectivity index (χ1n) is 13.5. The number of hydrogen-bond acceptors (Lipinski definition) is 6. The topological polar surface area (TPSA) is 105 Å². The van der Waals surface area contributed by atoms with Gasteiger partial charge in [-0.2, -0.15) is 0 Å². The minimum Gasteiger partial charge on any atom is -0.489 e. The molecule has 2 aliphatic rings. The highest BCUT2D eigenvalue weighted by atomic mass is 35.5. The van der Waals surface area contributed by atoms with Gasteiger partial charge < -0.3 is 20.5 Å². The zero-order valence-electron chi connectivity index (χ0n) is 21.8. The Morgan fingerprint density at radius 2 is 1.95 bits per heavy atom. The molecule has 1 saturated carbocycles. The Balaban J connectivity index is 1.53. The fourth-order valence-corrected chi connectivity index (χ4v) is 4.93. The minimum atomic E-state index is -0.351. The molecule has 8 heteroatoms. The van der Waals surface area contributed by atoms with Gasteiger partial charge in [0.1, 0.15) is 18.0 Å². The second kappa shape index (κ2) is 14.9. The molecule has 202 valence electrons. The highest BCUT2D eigenvalue weighted by Gasteiger charge is 2.26. The zero-order valence-corrected chi connectivity index (χ0v) is 22.6. The first kappa shape index (κ1) is 28.9. The van der Waals surface area contributed by atoms with Gasteiger partial charge in [-0.25, -0.2) is 0 Å². The van der Waals surface area contributed by atoms with Crippen molar-refractivity contribution in [2.45, 2.75) is 83.3 Å². The van der Waals surface area contributed by atoms with Crippen LogP contribution in [0.2, 0.25) is 5.02 Å². The number of ether oxygens (including phenoxy) is 1. The van der Waals surface area contributed by atoms with Crippen LogP contribution in [0.4, 0.5) is 0 Å². The summed E-state index contributed by atoms with van der Waals surface area (Å²) in [6.07, 6.45) is 11.0. The van der Waals surface area contributed by atoms with Crippen molar-refractivity contribution in [1.82, 2.24) is 4.90 Å². The summed E-state index contributed by atoms with van der Waals surface area (Å²) in [6.45, 7) is 3.17. The zero-order chi connectivity index (χ0) is 26.6. The highest BCUT2D eigenvalue weighted by molar-refractivity contribution is 6.32. The maximum Gasteiger partial charge on any atom is 0.270 e. The molecule has 1 aromatic rings. The Bertz CT molecular complexity index is 1010. The number of carbonyl (C=O) groups excluding carboxylic acids is 2. The van der Waals surface area contributed by atoms with Gasteiger partial charge in [-0.1, -0.05) is 43.2 Å². The van der Waals surface area contributed by atoms with Crippen molar-refractivity contribution in [2.24, 2.45) is 10.7 Å². The molecule has 0 aromatic heterocycles. The number of allylic oxidation sites excluding steroid dienone is 2. The number of aliphatic hydroxyl groups excluding tert-OH is 1. The number of carbonyl (C=O) groups is 2. The number of halogens is 1. The maximum atomic E-state index is 12.9. The highest BCUT2D eigenvalue weighted by Crippen LogP contribution is 2.27. The number of likely N-dealkylation sites (tertiary alicyclic amines) is 1. The molecule has 1 heterocycles. The Morgan fingerprint density at radius 1 is 1.22 bits per heavy atom. The van der Waals surface area contributed by atoms with E-state index >= 15 is 0 Å². The average molecular weight is 530 g/mol. The predicted octanol–water partition coefficient (Wildman–Crippen LogP) is 5.00. The van der Waals surface area contributed by atoms with Crippen LogP contribution in [0.15, 0.2) is 52.7 Å². The summed E-state index contributed by atoms with van der Waals surface area (Å²) >= 11 is 6.22. The Labute approximate surface area is 225 Å². The number of amides is 1. The number of nitrogens with two attached hydrogens (primary N) is 1. The van der Waals surface area contributed by atoms with Crippen LogP contribution in [0.25, 0.3) is 0 Å². The van der Waals surface area contributed by atoms with Crippen molar-refractivity contribution in [1.29, 1.82) is 0 Å². The Hall–Kier alpha value is -2.64. The molecular formula is C29H40ClN3O4. The average Bonchev–Trinajstić information content (AvgIpc) is 2.91. The SMILES string of the molecule is CCCC(CC/C=C/C(=O)CN=C1CCCC/C1=C(/N)C(=O)N1CCC(O)CC1)Oc1ccccc1Cl. The second-order valence-electron chi connectivity index (χ2n) is 9.79. The standard InChI is InChI=1S/C29H40ClN3O4/c1-2-9-23(37-27-15-8-6-13-25(27)30)11-4-3-10-22(35)20-32-26-14-7-5-12-24(26)28(31)29(36)33-18-16-21(34)17-19-33/h3,6,8,10,13,15,21,23,34H,2,4-5,7,9,11-12,14,16-20,31H2,1H3/b10-3+,28-24-,32-26?. The van der Waals surface area contributed by atoms with E-state index in [1.54, 1.807) is 11.0 Å². The van der Waals surface area contributed by atoms with Crippen LogP contribution in [0, 0.1) is 0 Å². The van der Waals surface area contributed by atoms with Gasteiger partial charge in [-0.05, 0) is 76.0 Å². The van der Waals surface area contributed by atoms with E-state index in [4.69, 9.17) is 22.1 Å². The number of nitrogens with zero attached hydrogens (tertiary/aromatic N) is 2. The number of rotatable bonds is 11. The van der Waals surface area contributed by atoms with E-state index in [-0.39, 0.29) is 36.1 Å². The summed E-state index contributed by atoms with van der Waals surface area (Å²) in [5.41, 5.74) is 8.08. The second-order valence-corrected chi connectivity index (χ2v) is 10.2. The van der Waals surface area contributed by atoms with E-state index in [9.17, 15) is 14.7 Å². The van der Waals surface area contributed by atoms with E-state index < -0.39 is 0 Å². The van der Waals surface area contributed by atoms with Crippen molar-refractivity contribution >= 4 is 29.0 Å². The van der Waals surface area contributed by atoms with Gasteiger partial charge in [0.15, 0.2) is 5.78 Å². The molecule has 1 saturated heterocycles. The number of piperidine rings is 1. The Morgan fingerprint density at radius 3 is 2.68 bits per heavy atom. The fraction of sp³-hybridized carbons (Fsp3) is 0.552. The molecule has 3 rings (SSSR count). The number of hydrogen-bond donors (Lipinski definition) is 2. The number of ketones is 1. The monoisotopic (exact) mass is 529 g/mol. The van der Waals surface area contributed by atoms with Gasteiger partial charge in [0.2, 0.25) is 0 Å². The van der Waals surface area contributed by atoms with Gasteiger partial charge in [0.05, 0.1) is 17.2 Å². The van der Waals surface area contributed by atoms with Crippen LogP contribution in [0.3, 0.4) is 0 Å². The molecule has 1 unspecified atom stereocenters. The molecule has 1 aliphatic carbocycles. The van der Waals surface area contributed by atoms with Crippen LogP contribution in [-0.4, -0.2) is 59.3 Å². The first-order chi connectivity index (χ1) is 17.9. The number of para-hydroxylation sites is 1. The lowest BCUT2D eigenvalue weighted by atomic mass is 9.90. The van der Waals surface area contributed by atoms with Crippen LogP contribution in [-0.2, 0) is 9.59 Å². The summed E-state index contributed by atoms with van der Waals surface area (Å²) in [4.78, 5) is 31.7. The van der Waals surface area contributed by atoms with E-state index in [1.165, 1.54) is 0 Å². The van der Waals surface area contributed by atoms with Crippen molar-refractivity contribution in [3.63, 3.8) is 0 Å². The normalized spacial score (nSPS) is 20.3. The lowest BCUT2D eigenvalue weighted by Crippen LogP contribution is -2.42. The van der Waals surface area contributed by atoms with Crippen LogP contribution in [0.5, 0.6) is 5.75 Å². The van der Waals surface area contributed by atoms with Gasteiger partial charge in [-0.3, -0.25) is 14.6 Å². The summed E-state index contributed by atoms with van der Waals surface area (Å²) < 4.78 is 6.09. The quantitative estimate of drug-likeness (QED) is 0.392. The minimum absolute atomic E-state index is 0.0310. The van der Waals surface area contributed by atoms with Crippen molar-refractivity contribution in [3.05, 3.63) is 52.7 Å². The number of benzene rings is 1. The third-order valence-electron chi connectivity index (χ3n) is 6.87. The van der Waals surface area contributed by atoms with Gasteiger partial charge in [0, 0.05) is 24.4 Å². The smallest absolute Gasteiger partial charge is 0.270 e. The first-order valence-corrected chi connectivity index (χ1v) is 13.9. The molecule has 7 nitrogen and oxygen atoms in total. The molecular weight excluding hydrogens is 490 g/mol. The maximum absolute atomic E-state index is 12.9. The summed E-state index contributed by atoms with van der Waals surface area (Å²) in [6, 6.07) is 7.46. The molecule has 1 aliphatic heterocycles. The van der Waals surface area contributed by atoms with Gasteiger partial charge >= 0.3 is 0 Å². The van der Waals surface area contributed by atoms with Gasteiger partial charge in [-0.15, -0.1) is 0 Å². The molecule has 2 fully saturated rings. The van der Waals surface area contributed by atoms with Crippen molar-refractivity contribution in [2.75, 3.05) is 19.6 Å². The summed E-state index contributed by atoms with van der Waals surface area (Å²) in [5.74, 6) is 0.417. The summed E-state index contributed by atoms with van der Waals surface area (Å²) in [5, 5.41) is 10.3. The van der Waals surface area contributed by atoms with Crippen LogP contribution in [0.1, 0.15) is 71.1 Å². The number of aliphatic imine (C=N–C) groups is 1. The predicted molar refractivity (Wildman–Crippen MR) is 148 cm³/mol. The number of aliphatic hydroxyl groups is 1. The summed E-state index contributed by atoms with van der Waals surface area (Å²) in [7, 11) is 0. The molecule has 1 atom stereocenters. The van der Waals surface area contributed by atoms with Crippen molar-refractivity contribution in [3.8, 4) is 5.75 Å². The van der Waals surface area contributed by atoms with Crippen LogP contribution >= 0.6 is 11.6 Å². The van der Waals surface area contributed by atoms with Crippen LogP contribution < -0.4 is 10.5 Å². The lowest BCUT2D eigenvalue weighted by molar-refractivity contribution is -0.129. The molecule has 1 amide bonds. The van der Waals surface area contributed by atoms with E-state index in [2.05, 4.69) is 11.9 Å². The van der Waals surface area contributed by atoms with E-state index in [0.717, 1.165) is 49.8 Å². The lowest BCUT2D eigenvalue weighted by Gasteiger charge is -2.30. The molecule has 1 aromatic carbocycles. The fourth-order valence-electron chi connectivity index (χ4n) is 4.75. The van der Waals surface area contributed by atoms with Gasteiger partial charge in [0.25, 0.3) is 5.91 Å². The Kier molecular flexibility index (Phi) is 11.7. The molecule has 3 N–H and O–H groups in total. The third kappa shape index (κ3) is 9.00. The largest absolute Gasteiger partial charge is 0.489 e. The third-order valence-corrected chi connectivity index (χ3v) is 7.18. The van der Waals surface area contributed by atoms with E-state index in [0.29, 0.717) is 49.5 Å². The van der Waals surface area contributed by atoms with E-state index in [1.807, 2.05) is 30.3 Å².